The van der Waals surface area contributed by atoms with E-state index in [0.29, 0.717) is 15.6 Å². The fraction of sp³-hybridized carbons (Fsp3) is 0.407. The lowest BCUT2D eigenvalue weighted by molar-refractivity contribution is -0.123. The van der Waals surface area contributed by atoms with Crippen molar-refractivity contribution in [3.8, 4) is 0 Å². The number of hydrogen-bond acceptors (Lipinski definition) is 7. The van der Waals surface area contributed by atoms with Crippen LogP contribution in [-0.2, 0) is 4.79 Å². The lowest BCUT2D eigenvalue weighted by atomic mass is 9.95. The van der Waals surface area contributed by atoms with Crippen LogP contribution in [0, 0.1) is 0 Å². The minimum absolute atomic E-state index is 0.00781. The molecule has 202 valence electrons. The van der Waals surface area contributed by atoms with Crippen LogP contribution in [0.5, 0.6) is 0 Å². The molecule has 3 amide bonds. The van der Waals surface area contributed by atoms with Crippen LogP contribution in [0.25, 0.3) is 0 Å². The molecule has 4 N–H and O–H groups in total. The quantitative estimate of drug-likeness (QED) is 0.330. The van der Waals surface area contributed by atoms with Crippen molar-refractivity contribution in [3.63, 3.8) is 0 Å². The third kappa shape index (κ3) is 6.54. The topological polar surface area (TPSA) is 117 Å². The number of aromatic nitrogens is 1. The lowest BCUT2D eigenvalue weighted by Gasteiger charge is -2.32. The van der Waals surface area contributed by atoms with Crippen molar-refractivity contribution in [2.24, 2.45) is 0 Å². The molecule has 1 fully saturated rings. The number of nitrogens with zero attached hydrogens (tertiary/aromatic N) is 2. The molecule has 2 aromatic heterocycles. The van der Waals surface area contributed by atoms with Crippen molar-refractivity contribution in [1.82, 2.24) is 15.0 Å². The van der Waals surface area contributed by atoms with Gasteiger partial charge in [-0.25, -0.2) is 0 Å². The van der Waals surface area contributed by atoms with Gasteiger partial charge in [-0.15, -0.1) is 11.3 Å². The fourth-order valence-corrected chi connectivity index (χ4v) is 6.14. The van der Waals surface area contributed by atoms with Gasteiger partial charge < -0.3 is 16.4 Å². The summed E-state index contributed by atoms with van der Waals surface area (Å²) in [5.41, 5.74) is 6.34. The zero-order valence-electron chi connectivity index (χ0n) is 21.6. The van der Waals surface area contributed by atoms with Crippen LogP contribution in [0.4, 0.5) is 11.4 Å². The number of halogens is 1. The molecular formula is C27H32ClN5O3S2. The lowest BCUT2D eigenvalue weighted by Crippen LogP contribution is -2.49. The Hall–Kier alpha value is -2.95. The van der Waals surface area contributed by atoms with E-state index in [9.17, 15) is 14.4 Å². The normalized spacial score (nSPS) is 15.1. The van der Waals surface area contributed by atoms with Gasteiger partial charge in [-0.2, -0.15) is 4.37 Å². The first-order valence-electron chi connectivity index (χ1n) is 12.6. The molecule has 0 spiro atoms. The van der Waals surface area contributed by atoms with E-state index in [1.807, 2.05) is 38.3 Å². The number of hydrogen-bond donors (Lipinski definition) is 3. The summed E-state index contributed by atoms with van der Waals surface area (Å²) < 4.78 is 4.26. The summed E-state index contributed by atoms with van der Waals surface area (Å²) in [4.78, 5) is 43.0. The van der Waals surface area contributed by atoms with Gasteiger partial charge in [0.05, 0.1) is 5.69 Å². The smallest absolute Gasteiger partial charge is 0.273 e. The minimum atomic E-state index is -0.982. The molecule has 8 nitrogen and oxygen atoms in total. The molecule has 0 radical (unpaired) electrons. The molecular weight excluding hydrogens is 542 g/mol. The SMILES string of the molecule is CC(C)(C)NC(=O)C(c1cccs1)N(C(=O)c1snc(C(=O)NC2CCCCC2)c1N)c1ccc(Cl)cc1. The number of nitrogen functional groups attached to an aromatic ring is 1. The maximum absolute atomic E-state index is 14.2. The van der Waals surface area contributed by atoms with E-state index in [4.69, 9.17) is 17.3 Å². The molecule has 11 heteroatoms. The van der Waals surface area contributed by atoms with Crippen LogP contribution in [0.1, 0.15) is 84.0 Å². The molecule has 1 unspecified atom stereocenters. The maximum atomic E-state index is 14.2. The summed E-state index contributed by atoms with van der Waals surface area (Å²) in [5.74, 6) is -1.26. The van der Waals surface area contributed by atoms with E-state index in [0.717, 1.165) is 37.2 Å². The van der Waals surface area contributed by atoms with Crippen molar-refractivity contribution in [2.45, 2.75) is 70.5 Å². The average molecular weight is 574 g/mol. The van der Waals surface area contributed by atoms with Crippen LogP contribution in [0.15, 0.2) is 41.8 Å². The van der Waals surface area contributed by atoms with E-state index in [2.05, 4.69) is 15.0 Å². The Bertz CT molecular complexity index is 1280. The molecule has 1 atom stereocenters. The Labute approximate surface area is 235 Å². The van der Waals surface area contributed by atoms with Crippen molar-refractivity contribution < 1.29 is 14.4 Å². The second kappa shape index (κ2) is 11.8. The highest BCUT2D eigenvalue weighted by Crippen LogP contribution is 2.35. The fourth-order valence-electron chi connectivity index (χ4n) is 4.47. The van der Waals surface area contributed by atoms with Gasteiger partial charge in [0, 0.05) is 27.2 Å². The Morgan fingerprint density at radius 3 is 2.39 bits per heavy atom. The number of nitrogens with one attached hydrogen (secondary N) is 2. The predicted molar refractivity (Wildman–Crippen MR) is 154 cm³/mol. The van der Waals surface area contributed by atoms with Gasteiger partial charge in [0.1, 0.15) is 4.88 Å². The molecule has 0 bridgehead atoms. The summed E-state index contributed by atoms with van der Waals surface area (Å²) in [6, 6.07) is 9.41. The molecule has 1 aliphatic carbocycles. The van der Waals surface area contributed by atoms with E-state index in [-0.39, 0.29) is 34.1 Å². The number of amides is 3. The Kier molecular flexibility index (Phi) is 8.74. The Balaban J connectivity index is 1.73. The van der Waals surface area contributed by atoms with Crippen LogP contribution in [-0.4, -0.2) is 33.7 Å². The molecule has 1 aromatic carbocycles. The largest absolute Gasteiger partial charge is 0.395 e. The number of thiophene rings is 1. The zero-order valence-corrected chi connectivity index (χ0v) is 24.0. The second-order valence-electron chi connectivity index (χ2n) is 10.4. The van der Waals surface area contributed by atoms with Crippen molar-refractivity contribution in [3.05, 3.63) is 62.2 Å². The molecule has 1 aliphatic rings. The Morgan fingerprint density at radius 2 is 1.79 bits per heavy atom. The van der Waals surface area contributed by atoms with E-state index >= 15 is 0 Å². The molecule has 1 saturated carbocycles. The third-order valence-electron chi connectivity index (χ3n) is 6.22. The summed E-state index contributed by atoms with van der Waals surface area (Å²) in [7, 11) is 0. The molecule has 38 heavy (non-hydrogen) atoms. The highest BCUT2D eigenvalue weighted by Gasteiger charge is 2.38. The average Bonchev–Trinajstić information content (AvgIpc) is 3.52. The maximum Gasteiger partial charge on any atom is 0.273 e. The van der Waals surface area contributed by atoms with Gasteiger partial charge in [0.2, 0.25) is 5.91 Å². The summed E-state index contributed by atoms with van der Waals surface area (Å²) in [6.07, 6.45) is 5.13. The monoisotopic (exact) mass is 573 g/mol. The van der Waals surface area contributed by atoms with Crippen molar-refractivity contribution in [2.75, 3.05) is 10.6 Å². The summed E-state index contributed by atoms with van der Waals surface area (Å²) in [6.45, 7) is 5.63. The van der Waals surface area contributed by atoms with Crippen LogP contribution >= 0.6 is 34.5 Å². The molecule has 3 aromatic rings. The summed E-state index contributed by atoms with van der Waals surface area (Å²) >= 11 is 8.36. The molecule has 0 aliphatic heterocycles. The van der Waals surface area contributed by atoms with Gasteiger partial charge >= 0.3 is 0 Å². The van der Waals surface area contributed by atoms with Gasteiger partial charge in [-0.3, -0.25) is 19.3 Å². The van der Waals surface area contributed by atoms with E-state index in [1.165, 1.54) is 22.7 Å². The predicted octanol–water partition coefficient (Wildman–Crippen LogP) is 5.81. The summed E-state index contributed by atoms with van der Waals surface area (Å²) in [5, 5.41) is 8.35. The van der Waals surface area contributed by atoms with Gasteiger partial charge in [0.15, 0.2) is 11.7 Å². The first-order chi connectivity index (χ1) is 18.0. The first-order valence-corrected chi connectivity index (χ1v) is 14.6. The molecule has 4 rings (SSSR count). The first kappa shape index (κ1) is 28.1. The molecule has 0 saturated heterocycles. The van der Waals surface area contributed by atoms with E-state index in [1.54, 1.807) is 24.3 Å². The molecule has 2 heterocycles. The zero-order chi connectivity index (χ0) is 27.4. The number of nitrogens with two attached hydrogens (primary N) is 1. The number of benzene rings is 1. The van der Waals surface area contributed by atoms with Gasteiger partial charge in [-0.05, 0) is 80.9 Å². The van der Waals surface area contributed by atoms with E-state index < -0.39 is 17.5 Å². The van der Waals surface area contributed by atoms with Gasteiger partial charge in [0.25, 0.3) is 11.8 Å². The van der Waals surface area contributed by atoms with Crippen molar-refractivity contribution >= 4 is 63.6 Å². The van der Waals surface area contributed by atoms with Crippen LogP contribution < -0.4 is 21.3 Å². The standard InChI is InChI=1S/C27H32ClN5O3S2/c1-27(2,3)31-25(35)22(19-10-7-15-37-19)33(18-13-11-16(28)12-14-18)26(36)23-20(29)21(32-38-23)24(34)30-17-8-5-4-6-9-17/h7,10-15,17,22H,4-6,8-9,29H2,1-3H3,(H,30,34)(H,31,35). The van der Waals surface area contributed by atoms with Crippen LogP contribution in [0.3, 0.4) is 0 Å². The minimum Gasteiger partial charge on any atom is -0.395 e. The third-order valence-corrected chi connectivity index (χ3v) is 8.25. The van der Waals surface area contributed by atoms with Crippen molar-refractivity contribution in [1.29, 1.82) is 0 Å². The van der Waals surface area contributed by atoms with Gasteiger partial charge in [-0.1, -0.05) is 36.9 Å². The number of carbonyl (C=O) groups excluding carboxylic acids is 3. The number of carbonyl (C=O) groups is 3. The highest BCUT2D eigenvalue weighted by molar-refractivity contribution is 7.10. The number of rotatable bonds is 7. The van der Waals surface area contributed by atoms with Crippen LogP contribution in [0.2, 0.25) is 5.02 Å². The Morgan fingerprint density at radius 1 is 1.11 bits per heavy atom. The second-order valence-corrected chi connectivity index (χ2v) is 12.6. The highest BCUT2D eigenvalue weighted by atomic mass is 35.5. The number of anilines is 2.